The molecule has 0 saturated carbocycles. The van der Waals surface area contributed by atoms with Gasteiger partial charge in [-0.2, -0.15) is 0 Å². The summed E-state index contributed by atoms with van der Waals surface area (Å²) in [6.07, 6.45) is 7.65. The minimum atomic E-state index is -1.29. The largest absolute Gasteiger partial charge is 0.457 e. The highest BCUT2D eigenvalue weighted by Gasteiger charge is 2.68. The van der Waals surface area contributed by atoms with E-state index in [2.05, 4.69) is 52.2 Å². The lowest BCUT2D eigenvalue weighted by molar-refractivity contribution is -0.214. The molecule has 0 radical (unpaired) electrons. The van der Waals surface area contributed by atoms with Gasteiger partial charge in [0.05, 0.1) is 274 Å². The van der Waals surface area contributed by atoms with Crippen LogP contribution in [-0.2, 0) is 196 Å². The van der Waals surface area contributed by atoms with Gasteiger partial charge in [0.25, 0.3) is 0 Å². The topological polar surface area (TPSA) is 476 Å². The zero-order valence-corrected chi connectivity index (χ0v) is 81.4. The minimum Gasteiger partial charge on any atom is -0.403 e. The molecule has 0 unspecified atom stereocenters. The van der Waals surface area contributed by atoms with Crippen molar-refractivity contribution in [2.45, 2.75) is 305 Å². The van der Waals surface area contributed by atoms with Gasteiger partial charge in [-0.1, -0.05) is 34.9 Å². The number of nitrogens with one attached hydrogen (secondary N) is 4. The Bertz CT molecular complexity index is 3930. The van der Waals surface area contributed by atoms with Crippen LogP contribution in [0, 0.1) is 0 Å². The van der Waals surface area contributed by atoms with Gasteiger partial charge in [0, 0.05) is 39.7 Å². The Kier molecular flexibility index (Phi) is 40.6. The number of hydrogen-bond donors (Lipinski definition) is 4. The van der Waals surface area contributed by atoms with E-state index in [1.807, 2.05) is 69.2 Å². The van der Waals surface area contributed by atoms with E-state index < -0.39 is 88.8 Å². The number of carbonyl (C=O) groups is 4. The van der Waals surface area contributed by atoms with E-state index in [9.17, 15) is 19.2 Å². The molecule has 0 aliphatic carbocycles. The molecule has 0 aromatic carbocycles. The van der Waals surface area contributed by atoms with Gasteiger partial charge < -0.3 is 158 Å². The van der Waals surface area contributed by atoms with Crippen LogP contribution in [0.25, 0.3) is 0 Å². The lowest BCUT2D eigenvalue weighted by Gasteiger charge is -2.42. The Hall–Kier alpha value is -5.80. The molecule has 3 aromatic heterocycles. The maximum absolute atomic E-state index is 14.4. The molecule has 13 heterocycles. The van der Waals surface area contributed by atoms with E-state index in [1.54, 1.807) is 32.6 Å². The summed E-state index contributed by atoms with van der Waals surface area (Å²) in [5.41, 5.74) is -2.97. The van der Waals surface area contributed by atoms with Crippen molar-refractivity contribution in [1.82, 2.24) is 66.2 Å². The van der Waals surface area contributed by atoms with E-state index >= 15 is 0 Å². The first-order valence-corrected chi connectivity index (χ1v) is 48.2. The molecular formula is C89H148BN13O33. The first kappa shape index (κ1) is 107. The van der Waals surface area contributed by atoms with Crippen LogP contribution in [0.1, 0.15) is 158 Å². The summed E-state index contributed by atoms with van der Waals surface area (Å²) in [7, 11) is -0.255. The standard InChI is InChI=1S/C89H148BN13O33/c1-63(104)92-72-74-77(131-84(9,10)128-74)88(61-124-79(72)133-88)58-118-45-42-115-39-36-112-33-30-109-27-24-102-49-66(96-99-102)52-121-55-86(94-70(107)20-16-14-18-22-91-69(106)19-15-13-17-21-90-135-81(3,4)82(5,6)136-90,54-120-51-65-48-101(98-95-65)23-26-108-29-32-111-35-38-114-41-44-117-57-87-60-123-71(127-87)47-68-76(87)130-83(7,8)126-68)56-122-53-67-50-103(100-97-67)25-28-110-31-34-113-37-40-116-43-46-119-59-89-62-125-80(134-89)73(93-64(2)105)75-78(89)132-85(11,12)129-75/h48-50,68,71-80H,13-47,51-62H2,1-12H3,(H,91,106)(H,92,104)(H,93,105)(H,94,107)/t68-,71+,72-,73-,74-,75-,76-,77-,78-,79+,80+,87+,88+,89+/m1/s1. The predicted octanol–water partition coefficient (Wildman–Crippen LogP) is 2.13. The fourth-order valence-corrected chi connectivity index (χ4v) is 17.8. The summed E-state index contributed by atoms with van der Waals surface area (Å²) in [5, 5.41) is 38.2. The molecule has 10 aliphatic rings. The van der Waals surface area contributed by atoms with E-state index in [-0.39, 0.29) is 133 Å². The second kappa shape index (κ2) is 51.4. The summed E-state index contributed by atoms with van der Waals surface area (Å²) in [4.78, 5) is 51.3. The molecule has 13 rings (SSSR count). The molecule has 136 heavy (non-hydrogen) atoms. The third-order valence-electron chi connectivity index (χ3n) is 24.9. The Labute approximate surface area is 795 Å². The number of nitrogens with zero attached hydrogens (tertiary/aromatic N) is 9. The van der Waals surface area contributed by atoms with Gasteiger partial charge in [0.2, 0.25) is 23.6 Å². The number of hydrogen-bond acceptors (Lipinski definition) is 39. The van der Waals surface area contributed by atoms with Crippen molar-refractivity contribution in [3.63, 3.8) is 0 Å². The number of amides is 4. The summed E-state index contributed by atoms with van der Waals surface area (Å²) in [5.74, 6) is -3.15. The molecule has 47 heteroatoms. The number of aromatic nitrogens is 9. The Morgan fingerprint density at radius 3 is 1.18 bits per heavy atom. The SMILES string of the molecule is CC(=O)N[C@H]1[C@H]2OC[C@](COCCOCCOCCOCCn3cc(COCC(COCc4cn(CCOCCOCCOCCOC[C@@]56CO[C@@H](O5)[C@H](NC(C)=O)[C@H]5OC(C)(C)O[C@H]56)nn4)(COCc4cn(CCOCCOCCOCCOC[C@]56CO[C@H](C[C@H]7OC(C)(C)O[C@H]75)O6)nn4)NC(=O)CCCCCNC(=O)CCCCCB4OC(C)(C)C(C)(C)O4)nn3)(O2)[C@@H]2OC(C)(C)O[C@H]12. The van der Waals surface area contributed by atoms with Gasteiger partial charge in [-0.15, -0.1) is 15.3 Å². The van der Waals surface area contributed by atoms with Crippen molar-refractivity contribution in [2.75, 3.05) is 205 Å². The van der Waals surface area contributed by atoms with Gasteiger partial charge in [-0.25, -0.2) is 14.0 Å². The fourth-order valence-electron chi connectivity index (χ4n) is 17.8. The van der Waals surface area contributed by atoms with Gasteiger partial charge in [0.15, 0.2) is 36.2 Å². The van der Waals surface area contributed by atoms with Crippen LogP contribution in [0.3, 0.4) is 0 Å². The van der Waals surface area contributed by atoms with Crippen molar-refractivity contribution >= 4 is 30.7 Å². The molecule has 770 valence electrons. The molecule has 14 atom stereocenters. The average Bonchev–Trinajstić information content (AvgIpc) is 1.57. The normalized spacial score (nSPS) is 28.2. The lowest BCUT2D eigenvalue weighted by Crippen LogP contribution is -2.65. The van der Waals surface area contributed by atoms with Gasteiger partial charge in [0.1, 0.15) is 82.0 Å². The Morgan fingerprint density at radius 1 is 0.404 bits per heavy atom. The van der Waals surface area contributed by atoms with Crippen molar-refractivity contribution < 1.29 is 156 Å². The van der Waals surface area contributed by atoms with E-state index in [1.165, 1.54) is 13.8 Å². The molecule has 4 N–H and O–H groups in total. The van der Waals surface area contributed by atoms with Crippen molar-refractivity contribution in [1.29, 1.82) is 0 Å². The molecule has 10 saturated heterocycles. The zero-order valence-electron chi connectivity index (χ0n) is 81.4. The van der Waals surface area contributed by atoms with Crippen LogP contribution in [0.15, 0.2) is 18.6 Å². The fraction of sp³-hybridized carbons (Fsp3) is 0.888. The molecule has 10 fully saturated rings. The number of fused-ring (bicyclic) bond motifs is 12. The van der Waals surface area contributed by atoms with Crippen molar-refractivity contribution in [3.05, 3.63) is 35.7 Å². The molecule has 6 bridgehead atoms. The van der Waals surface area contributed by atoms with Crippen LogP contribution < -0.4 is 21.3 Å². The molecule has 3 aromatic rings. The van der Waals surface area contributed by atoms with E-state index in [0.717, 1.165) is 25.6 Å². The first-order chi connectivity index (χ1) is 65.4. The Morgan fingerprint density at radius 2 is 0.765 bits per heavy atom. The summed E-state index contributed by atoms with van der Waals surface area (Å²) in [6.45, 7) is 32.4. The van der Waals surface area contributed by atoms with Crippen molar-refractivity contribution in [2.24, 2.45) is 0 Å². The first-order valence-electron chi connectivity index (χ1n) is 48.2. The highest BCUT2D eigenvalue weighted by atomic mass is 16.8. The lowest BCUT2D eigenvalue weighted by atomic mass is 9.82. The second-order valence-corrected chi connectivity index (χ2v) is 38.3. The summed E-state index contributed by atoms with van der Waals surface area (Å²) in [6, 6.07) is -1.04. The number of rotatable bonds is 69. The van der Waals surface area contributed by atoms with Gasteiger partial charge in [-0.05, 0) is 94.8 Å². The molecule has 10 aliphatic heterocycles. The molecule has 0 spiro atoms. The maximum atomic E-state index is 14.4. The van der Waals surface area contributed by atoms with Gasteiger partial charge in [-0.3, -0.25) is 19.2 Å². The highest BCUT2D eigenvalue weighted by Crippen LogP contribution is 2.50. The summed E-state index contributed by atoms with van der Waals surface area (Å²) >= 11 is 0. The predicted molar refractivity (Wildman–Crippen MR) is 473 cm³/mol. The molecular weight excluding hydrogens is 1790 g/mol. The van der Waals surface area contributed by atoms with Crippen LogP contribution >= 0.6 is 0 Å². The highest BCUT2D eigenvalue weighted by molar-refractivity contribution is 6.45. The molecule has 46 nitrogen and oxygen atoms in total. The maximum Gasteiger partial charge on any atom is 0.457 e. The summed E-state index contributed by atoms with van der Waals surface area (Å²) < 4.78 is 181. The van der Waals surface area contributed by atoms with E-state index in [4.69, 9.17) is 137 Å². The Balaban J connectivity index is 0.540. The smallest absolute Gasteiger partial charge is 0.403 e. The van der Waals surface area contributed by atoms with E-state index in [0.29, 0.717) is 227 Å². The van der Waals surface area contributed by atoms with Crippen LogP contribution in [0.4, 0.5) is 0 Å². The zero-order chi connectivity index (χ0) is 96.1. The van der Waals surface area contributed by atoms with Crippen LogP contribution in [0.2, 0.25) is 6.32 Å². The quantitative estimate of drug-likeness (QED) is 0.0464. The molecule has 4 amide bonds. The number of unbranched alkanes of at least 4 members (excludes halogenated alkanes) is 4. The van der Waals surface area contributed by atoms with Crippen LogP contribution in [0.5, 0.6) is 0 Å². The number of ether oxygens (including phenoxy) is 27. The third-order valence-corrected chi connectivity index (χ3v) is 24.9. The average molecular weight is 1940 g/mol. The van der Waals surface area contributed by atoms with Crippen LogP contribution in [-0.4, -0.2) is 399 Å². The minimum absolute atomic E-state index is 0.00737. The van der Waals surface area contributed by atoms with Gasteiger partial charge >= 0.3 is 7.12 Å². The van der Waals surface area contributed by atoms with Crippen molar-refractivity contribution in [3.8, 4) is 0 Å². The monoisotopic (exact) mass is 1940 g/mol. The second-order valence-electron chi connectivity index (χ2n) is 38.3. The number of carbonyl (C=O) groups excluding carboxylic acids is 4. The third kappa shape index (κ3) is 31.9.